The van der Waals surface area contributed by atoms with Crippen LogP contribution in [0.15, 0.2) is 30.3 Å². The van der Waals surface area contributed by atoms with Gasteiger partial charge in [0.15, 0.2) is 11.5 Å². The number of carbonyl (C=O) groups excluding carboxylic acids is 1. The first-order chi connectivity index (χ1) is 12.7. The molecule has 0 aromatic heterocycles. The second-order valence-corrected chi connectivity index (χ2v) is 5.41. The first kappa shape index (κ1) is 20.3. The Morgan fingerprint density at radius 2 is 1.59 bits per heavy atom. The number of nitrogens with one attached hydrogen (secondary N) is 1. The molecule has 27 heavy (non-hydrogen) atoms. The highest BCUT2D eigenvalue weighted by molar-refractivity contribution is 5.94. The van der Waals surface area contributed by atoms with Crippen molar-refractivity contribution in [2.75, 3.05) is 21.3 Å². The third-order valence-corrected chi connectivity index (χ3v) is 3.71. The van der Waals surface area contributed by atoms with Gasteiger partial charge in [0, 0.05) is 12.1 Å². The van der Waals surface area contributed by atoms with E-state index in [1.807, 2.05) is 0 Å². The maximum atomic E-state index is 13.3. The normalized spacial score (nSPS) is 11.1. The van der Waals surface area contributed by atoms with Crippen LogP contribution in [0.3, 0.4) is 0 Å². The molecule has 0 fully saturated rings. The minimum absolute atomic E-state index is 0.0196. The van der Waals surface area contributed by atoms with Crippen LogP contribution in [0.25, 0.3) is 0 Å². The van der Waals surface area contributed by atoms with Crippen LogP contribution < -0.4 is 19.5 Å². The monoisotopic (exact) mass is 387 g/mol. The SMILES string of the molecule is COc1cc(CNC(=O)c2ccc(F)c(C(F)(F)F)c2)cc(OC)c1OC. The molecule has 1 N–H and O–H groups in total. The zero-order valence-electron chi connectivity index (χ0n) is 14.7. The number of amides is 1. The third-order valence-electron chi connectivity index (χ3n) is 3.71. The first-order valence-electron chi connectivity index (χ1n) is 7.65. The van der Waals surface area contributed by atoms with Crippen LogP contribution in [0.4, 0.5) is 17.6 Å². The maximum Gasteiger partial charge on any atom is 0.419 e. The van der Waals surface area contributed by atoms with Crippen LogP contribution in [0, 0.1) is 5.82 Å². The Kier molecular flexibility index (Phi) is 6.14. The summed E-state index contributed by atoms with van der Waals surface area (Å²) < 4.78 is 67.2. The fraction of sp³-hybridized carbons (Fsp3) is 0.278. The summed E-state index contributed by atoms with van der Waals surface area (Å²) in [5, 5.41) is 2.47. The van der Waals surface area contributed by atoms with E-state index in [4.69, 9.17) is 14.2 Å². The molecule has 146 valence electrons. The summed E-state index contributed by atoms with van der Waals surface area (Å²) in [4.78, 5) is 12.2. The predicted octanol–water partition coefficient (Wildman–Crippen LogP) is 3.80. The van der Waals surface area contributed by atoms with Gasteiger partial charge in [-0.05, 0) is 35.9 Å². The quantitative estimate of drug-likeness (QED) is 0.766. The summed E-state index contributed by atoms with van der Waals surface area (Å²) in [6.07, 6.45) is -4.89. The van der Waals surface area contributed by atoms with E-state index < -0.39 is 23.5 Å². The summed E-state index contributed by atoms with van der Waals surface area (Å²) in [6.45, 7) is -0.0196. The van der Waals surface area contributed by atoms with Crippen LogP contribution >= 0.6 is 0 Å². The minimum Gasteiger partial charge on any atom is -0.493 e. The lowest BCUT2D eigenvalue weighted by atomic mass is 10.1. The Bertz CT molecular complexity index is 812. The molecule has 2 aromatic rings. The van der Waals surface area contributed by atoms with Crippen molar-refractivity contribution in [1.29, 1.82) is 0 Å². The number of hydrogen-bond donors (Lipinski definition) is 1. The molecular formula is C18H17F4NO4. The molecule has 2 aromatic carbocycles. The molecule has 0 saturated heterocycles. The summed E-state index contributed by atoms with van der Waals surface area (Å²) in [7, 11) is 4.29. The number of halogens is 4. The van der Waals surface area contributed by atoms with Gasteiger partial charge in [-0.15, -0.1) is 0 Å². The number of rotatable bonds is 6. The Labute approximate surface area is 152 Å². The standard InChI is InChI=1S/C18H17F4NO4/c1-25-14-6-10(7-15(26-2)16(14)27-3)9-23-17(24)11-4-5-13(19)12(8-11)18(20,21)22/h4-8H,9H2,1-3H3,(H,23,24). The Morgan fingerprint density at radius 1 is 1.00 bits per heavy atom. The van der Waals surface area contributed by atoms with E-state index in [1.54, 1.807) is 12.1 Å². The number of alkyl halides is 3. The zero-order valence-corrected chi connectivity index (χ0v) is 14.7. The number of hydrogen-bond acceptors (Lipinski definition) is 4. The zero-order chi connectivity index (χ0) is 20.2. The Hall–Kier alpha value is -2.97. The molecule has 5 nitrogen and oxygen atoms in total. The fourth-order valence-corrected chi connectivity index (χ4v) is 2.41. The number of ether oxygens (including phenoxy) is 3. The average molecular weight is 387 g/mol. The van der Waals surface area contributed by atoms with Crippen molar-refractivity contribution >= 4 is 5.91 Å². The van der Waals surface area contributed by atoms with Crippen LogP contribution in [0.2, 0.25) is 0 Å². The summed E-state index contributed by atoms with van der Waals surface area (Å²) in [5.74, 6) is -1.13. The van der Waals surface area contributed by atoms with E-state index >= 15 is 0 Å². The van der Waals surface area contributed by atoms with Gasteiger partial charge in [-0.1, -0.05) is 0 Å². The molecule has 0 spiro atoms. The van der Waals surface area contributed by atoms with Crippen molar-refractivity contribution in [2.45, 2.75) is 12.7 Å². The first-order valence-corrected chi connectivity index (χ1v) is 7.65. The van der Waals surface area contributed by atoms with Gasteiger partial charge in [-0.2, -0.15) is 13.2 Å². The summed E-state index contributed by atoms with van der Waals surface area (Å²) in [6, 6.07) is 5.24. The second kappa shape index (κ2) is 8.15. The predicted molar refractivity (Wildman–Crippen MR) is 88.7 cm³/mol. The largest absolute Gasteiger partial charge is 0.493 e. The van der Waals surface area contributed by atoms with Gasteiger partial charge >= 0.3 is 6.18 Å². The Balaban J connectivity index is 2.21. The minimum atomic E-state index is -4.89. The van der Waals surface area contributed by atoms with Crippen molar-refractivity contribution in [3.8, 4) is 17.2 Å². The molecule has 9 heteroatoms. The molecule has 0 radical (unpaired) electrons. The molecule has 0 heterocycles. The van der Waals surface area contributed by atoms with Crippen molar-refractivity contribution in [3.63, 3.8) is 0 Å². The van der Waals surface area contributed by atoms with E-state index in [0.29, 0.717) is 34.9 Å². The van der Waals surface area contributed by atoms with Crippen molar-refractivity contribution in [3.05, 3.63) is 52.8 Å². The average Bonchev–Trinajstić information content (AvgIpc) is 2.64. The lowest BCUT2D eigenvalue weighted by molar-refractivity contribution is -0.140. The van der Waals surface area contributed by atoms with Gasteiger partial charge in [-0.25, -0.2) is 4.39 Å². The highest BCUT2D eigenvalue weighted by Gasteiger charge is 2.34. The molecule has 0 unspecified atom stereocenters. The van der Waals surface area contributed by atoms with Crippen molar-refractivity contribution in [2.24, 2.45) is 0 Å². The number of methoxy groups -OCH3 is 3. The fourth-order valence-electron chi connectivity index (χ4n) is 2.41. The molecule has 0 aliphatic carbocycles. The molecule has 1 amide bonds. The number of carbonyl (C=O) groups is 1. The topological polar surface area (TPSA) is 56.8 Å². The van der Waals surface area contributed by atoms with E-state index in [2.05, 4.69) is 5.32 Å². The van der Waals surface area contributed by atoms with Gasteiger partial charge in [-0.3, -0.25) is 4.79 Å². The van der Waals surface area contributed by atoms with Crippen LogP contribution in [-0.4, -0.2) is 27.2 Å². The van der Waals surface area contributed by atoms with E-state index in [9.17, 15) is 22.4 Å². The van der Waals surface area contributed by atoms with Gasteiger partial charge in [0.25, 0.3) is 5.91 Å². The third kappa shape index (κ3) is 4.60. The van der Waals surface area contributed by atoms with Gasteiger partial charge in [0.1, 0.15) is 5.82 Å². The van der Waals surface area contributed by atoms with Crippen LogP contribution in [0.1, 0.15) is 21.5 Å². The maximum absolute atomic E-state index is 13.3. The molecular weight excluding hydrogens is 370 g/mol. The molecule has 2 rings (SSSR count). The van der Waals surface area contributed by atoms with E-state index in [-0.39, 0.29) is 12.1 Å². The smallest absolute Gasteiger partial charge is 0.419 e. The number of benzene rings is 2. The molecule has 0 atom stereocenters. The Morgan fingerprint density at radius 3 is 2.07 bits per heavy atom. The van der Waals surface area contributed by atoms with Gasteiger partial charge in [0.05, 0.1) is 26.9 Å². The summed E-state index contributed by atoms with van der Waals surface area (Å²) in [5.41, 5.74) is -1.24. The molecule has 0 bridgehead atoms. The summed E-state index contributed by atoms with van der Waals surface area (Å²) >= 11 is 0. The highest BCUT2D eigenvalue weighted by Crippen LogP contribution is 2.38. The van der Waals surface area contributed by atoms with Gasteiger partial charge in [0.2, 0.25) is 5.75 Å². The second-order valence-electron chi connectivity index (χ2n) is 5.41. The highest BCUT2D eigenvalue weighted by atomic mass is 19.4. The van der Waals surface area contributed by atoms with E-state index in [1.165, 1.54) is 21.3 Å². The van der Waals surface area contributed by atoms with Gasteiger partial charge < -0.3 is 19.5 Å². The lowest BCUT2D eigenvalue weighted by Gasteiger charge is -2.15. The van der Waals surface area contributed by atoms with Crippen LogP contribution in [0.5, 0.6) is 17.2 Å². The van der Waals surface area contributed by atoms with Crippen molar-refractivity contribution < 1.29 is 36.6 Å². The van der Waals surface area contributed by atoms with Crippen LogP contribution in [-0.2, 0) is 12.7 Å². The van der Waals surface area contributed by atoms with Crippen molar-refractivity contribution in [1.82, 2.24) is 5.32 Å². The molecule has 0 aliphatic heterocycles. The lowest BCUT2D eigenvalue weighted by Crippen LogP contribution is -2.23. The molecule has 0 saturated carbocycles. The molecule has 0 aliphatic rings. The van der Waals surface area contributed by atoms with E-state index in [0.717, 1.165) is 6.07 Å².